The zero-order valence-corrected chi connectivity index (χ0v) is 9.95. The Balaban J connectivity index is 2.84. The zero-order valence-electron chi connectivity index (χ0n) is 9.95. The summed E-state index contributed by atoms with van der Waals surface area (Å²) in [5.74, 6) is -0.390. The van der Waals surface area contributed by atoms with Gasteiger partial charge in [0.05, 0.1) is 5.69 Å². The number of carbonyl (C=O) groups is 1. The topological polar surface area (TPSA) is 63.3 Å². The molecule has 0 spiro atoms. The number of rotatable bonds is 7. The van der Waals surface area contributed by atoms with Gasteiger partial charge in [-0.05, 0) is 19.3 Å². The Labute approximate surface area is 95.6 Å². The van der Waals surface area contributed by atoms with Gasteiger partial charge in [0.15, 0.2) is 5.76 Å². The average molecular weight is 225 g/mol. The SMILES string of the molecule is CCCCc1noc(CCCC)c1C(=O)O. The lowest BCUT2D eigenvalue weighted by Gasteiger charge is -1.98. The van der Waals surface area contributed by atoms with Crippen LogP contribution in [-0.2, 0) is 12.8 Å². The van der Waals surface area contributed by atoms with Gasteiger partial charge in [0.1, 0.15) is 5.56 Å². The van der Waals surface area contributed by atoms with Crippen molar-refractivity contribution in [1.82, 2.24) is 5.16 Å². The fourth-order valence-corrected chi connectivity index (χ4v) is 1.63. The average Bonchev–Trinajstić information content (AvgIpc) is 2.66. The van der Waals surface area contributed by atoms with Crippen molar-refractivity contribution >= 4 is 5.97 Å². The largest absolute Gasteiger partial charge is 0.477 e. The van der Waals surface area contributed by atoms with E-state index in [1.54, 1.807) is 0 Å². The summed E-state index contributed by atoms with van der Waals surface area (Å²) in [6.07, 6.45) is 5.27. The van der Waals surface area contributed by atoms with E-state index in [0.717, 1.165) is 25.7 Å². The second-order valence-electron chi connectivity index (χ2n) is 3.94. The quantitative estimate of drug-likeness (QED) is 0.774. The molecule has 1 N–H and O–H groups in total. The lowest BCUT2D eigenvalue weighted by Crippen LogP contribution is -2.03. The van der Waals surface area contributed by atoms with E-state index in [9.17, 15) is 4.79 Å². The van der Waals surface area contributed by atoms with Crippen LogP contribution in [0.1, 0.15) is 61.3 Å². The first kappa shape index (κ1) is 12.7. The van der Waals surface area contributed by atoms with Crippen LogP contribution in [0, 0.1) is 0 Å². The highest BCUT2D eigenvalue weighted by molar-refractivity contribution is 5.89. The van der Waals surface area contributed by atoms with Gasteiger partial charge in [-0.15, -0.1) is 0 Å². The van der Waals surface area contributed by atoms with Crippen LogP contribution in [0.3, 0.4) is 0 Å². The monoisotopic (exact) mass is 225 g/mol. The molecule has 0 unspecified atom stereocenters. The highest BCUT2D eigenvalue weighted by Crippen LogP contribution is 2.18. The number of hydrogen-bond acceptors (Lipinski definition) is 3. The molecule has 0 aliphatic rings. The molecule has 0 atom stereocenters. The zero-order chi connectivity index (χ0) is 12.0. The summed E-state index contributed by atoms with van der Waals surface area (Å²) in [4.78, 5) is 11.1. The molecule has 0 fully saturated rings. The van der Waals surface area contributed by atoms with E-state index >= 15 is 0 Å². The summed E-state index contributed by atoms with van der Waals surface area (Å²) in [6.45, 7) is 4.13. The summed E-state index contributed by atoms with van der Waals surface area (Å²) in [5, 5.41) is 13.0. The van der Waals surface area contributed by atoms with Gasteiger partial charge in [-0.25, -0.2) is 4.79 Å². The molecule has 0 radical (unpaired) electrons. The number of carboxylic acid groups (broad SMARTS) is 1. The summed E-state index contributed by atoms with van der Waals surface area (Å²) < 4.78 is 5.13. The molecule has 16 heavy (non-hydrogen) atoms. The van der Waals surface area contributed by atoms with Gasteiger partial charge in [-0.3, -0.25) is 0 Å². The first-order valence-electron chi connectivity index (χ1n) is 5.91. The molecule has 1 aromatic rings. The number of aryl methyl sites for hydroxylation is 2. The van der Waals surface area contributed by atoms with Gasteiger partial charge in [0.2, 0.25) is 0 Å². The van der Waals surface area contributed by atoms with Crippen molar-refractivity contribution in [2.75, 3.05) is 0 Å². The molecule has 0 aliphatic carbocycles. The number of unbranched alkanes of at least 4 members (excludes halogenated alkanes) is 2. The van der Waals surface area contributed by atoms with Crippen molar-refractivity contribution in [3.63, 3.8) is 0 Å². The lowest BCUT2D eigenvalue weighted by atomic mass is 10.1. The summed E-state index contributed by atoms with van der Waals surface area (Å²) in [5.41, 5.74) is 0.891. The van der Waals surface area contributed by atoms with Crippen LogP contribution < -0.4 is 0 Å². The van der Waals surface area contributed by atoms with E-state index in [-0.39, 0.29) is 0 Å². The van der Waals surface area contributed by atoms with E-state index in [2.05, 4.69) is 19.0 Å². The first-order valence-corrected chi connectivity index (χ1v) is 5.91. The maximum Gasteiger partial charge on any atom is 0.341 e. The number of aromatic carboxylic acids is 1. The number of hydrogen-bond donors (Lipinski definition) is 1. The third-order valence-electron chi connectivity index (χ3n) is 2.57. The molecule has 0 aliphatic heterocycles. The van der Waals surface area contributed by atoms with Crippen LogP contribution in [0.4, 0.5) is 0 Å². The smallest absolute Gasteiger partial charge is 0.341 e. The Bertz CT molecular complexity index is 319. The third kappa shape index (κ3) is 3.08. The molecular formula is C12H19NO3. The van der Waals surface area contributed by atoms with Crippen LogP contribution in [0.2, 0.25) is 0 Å². The van der Waals surface area contributed by atoms with Gasteiger partial charge in [-0.1, -0.05) is 31.8 Å². The molecular weight excluding hydrogens is 206 g/mol. The predicted molar refractivity (Wildman–Crippen MR) is 60.7 cm³/mol. The second kappa shape index (κ2) is 6.30. The number of carboxylic acids is 1. The van der Waals surface area contributed by atoms with Crippen molar-refractivity contribution in [1.29, 1.82) is 0 Å². The molecule has 0 saturated carbocycles. The van der Waals surface area contributed by atoms with Crippen LogP contribution in [0.5, 0.6) is 0 Å². The van der Waals surface area contributed by atoms with E-state index in [1.807, 2.05) is 0 Å². The standard InChI is InChI=1S/C12H19NO3/c1-3-5-7-9-11(12(14)15)10(16-13-9)8-6-4-2/h3-8H2,1-2H3,(H,14,15). The van der Waals surface area contributed by atoms with E-state index in [1.165, 1.54) is 0 Å². The Hall–Kier alpha value is -1.32. The van der Waals surface area contributed by atoms with Gasteiger partial charge in [-0.2, -0.15) is 0 Å². The first-order chi connectivity index (χ1) is 7.70. The van der Waals surface area contributed by atoms with Gasteiger partial charge < -0.3 is 9.63 Å². The van der Waals surface area contributed by atoms with E-state index in [4.69, 9.17) is 9.63 Å². The Morgan fingerprint density at radius 1 is 1.25 bits per heavy atom. The van der Waals surface area contributed by atoms with Crippen molar-refractivity contribution in [2.45, 2.75) is 52.4 Å². The summed E-state index contributed by atoms with van der Waals surface area (Å²) >= 11 is 0. The van der Waals surface area contributed by atoms with Crippen molar-refractivity contribution in [3.8, 4) is 0 Å². The number of nitrogens with zero attached hydrogens (tertiary/aromatic N) is 1. The van der Waals surface area contributed by atoms with Crippen LogP contribution >= 0.6 is 0 Å². The minimum absolute atomic E-state index is 0.293. The molecule has 0 aromatic carbocycles. The minimum atomic E-state index is -0.918. The molecule has 0 bridgehead atoms. The third-order valence-corrected chi connectivity index (χ3v) is 2.57. The van der Waals surface area contributed by atoms with Crippen molar-refractivity contribution in [2.24, 2.45) is 0 Å². The lowest BCUT2D eigenvalue weighted by molar-refractivity contribution is 0.0693. The maximum atomic E-state index is 11.1. The predicted octanol–water partition coefficient (Wildman–Crippen LogP) is 3.06. The molecule has 4 heteroatoms. The van der Waals surface area contributed by atoms with Crippen molar-refractivity contribution < 1.29 is 14.4 Å². The molecule has 0 amide bonds. The van der Waals surface area contributed by atoms with Crippen molar-refractivity contribution in [3.05, 3.63) is 17.0 Å². The van der Waals surface area contributed by atoms with Gasteiger partial charge in [0, 0.05) is 6.42 Å². The fraction of sp³-hybridized carbons (Fsp3) is 0.667. The normalized spacial score (nSPS) is 10.6. The Morgan fingerprint density at radius 2 is 1.88 bits per heavy atom. The van der Waals surface area contributed by atoms with Gasteiger partial charge >= 0.3 is 5.97 Å². The summed E-state index contributed by atoms with van der Waals surface area (Å²) in [6, 6.07) is 0. The fourth-order valence-electron chi connectivity index (χ4n) is 1.63. The summed E-state index contributed by atoms with van der Waals surface area (Å²) in [7, 11) is 0. The molecule has 1 rings (SSSR count). The maximum absolute atomic E-state index is 11.1. The Morgan fingerprint density at radius 3 is 2.44 bits per heavy atom. The van der Waals surface area contributed by atoms with E-state index in [0.29, 0.717) is 29.9 Å². The van der Waals surface area contributed by atoms with Crippen LogP contribution in [-0.4, -0.2) is 16.2 Å². The van der Waals surface area contributed by atoms with E-state index < -0.39 is 5.97 Å². The molecule has 90 valence electrons. The highest BCUT2D eigenvalue weighted by Gasteiger charge is 2.21. The highest BCUT2D eigenvalue weighted by atomic mass is 16.5. The minimum Gasteiger partial charge on any atom is -0.477 e. The van der Waals surface area contributed by atoms with Gasteiger partial charge in [0.25, 0.3) is 0 Å². The Kier molecular flexibility index (Phi) is 5.02. The number of aromatic nitrogens is 1. The molecule has 1 aromatic heterocycles. The second-order valence-corrected chi connectivity index (χ2v) is 3.94. The molecule has 4 nitrogen and oxygen atoms in total. The molecule has 0 saturated heterocycles. The molecule has 1 heterocycles. The van der Waals surface area contributed by atoms with Crippen LogP contribution in [0.15, 0.2) is 4.52 Å². The van der Waals surface area contributed by atoms with Crippen LogP contribution in [0.25, 0.3) is 0 Å².